The van der Waals surface area contributed by atoms with Crippen molar-refractivity contribution in [2.24, 2.45) is 13.0 Å². The molecular weight excluding hydrogens is 242 g/mol. The Morgan fingerprint density at radius 3 is 2.95 bits per heavy atom. The smallest absolute Gasteiger partial charge is 0.320 e. The minimum atomic E-state index is -0.670. The summed E-state index contributed by atoms with van der Waals surface area (Å²) >= 11 is 0. The summed E-state index contributed by atoms with van der Waals surface area (Å²) in [5.74, 6) is -0.0976. The lowest BCUT2D eigenvalue weighted by Crippen LogP contribution is -2.42. The summed E-state index contributed by atoms with van der Waals surface area (Å²) in [6.07, 6.45) is 7.42. The summed E-state index contributed by atoms with van der Waals surface area (Å²) in [5, 5.41) is 13.6. The Labute approximate surface area is 113 Å². The van der Waals surface area contributed by atoms with Gasteiger partial charge in [-0.15, -0.1) is 0 Å². The van der Waals surface area contributed by atoms with Gasteiger partial charge >= 0.3 is 5.97 Å². The molecule has 3 atom stereocenters. The van der Waals surface area contributed by atoms with Crippen LogP contribution in [0.5, 0.6) is 0 Å². The summed E-state index contributed by atoms with van der Waals surface area (Å²) in [5.41, 5.74) is 1.09. The zero-order valence-electron chi connectivity index (χ0n) is 11.3. The van der Waals surface area contributed by atoms with E-state index in [4.69, 9.17) is 0 Å². The Balaban J connectivity index is 1.82. The second kappa shape index (κ2) is 4.96. The monoisotopic (exact) mass is 263 g/mol. The first-order chi connectivity index (χ1) is 9.16. The molecule has 2 heterocycles. The Bertz CT molecular complexity index is 471. The van der Waals surface area contributed by atoms with Crippen molar-refractivity contribution in [2.75, 3.05) is 0 Å². The molecule has 1 aliphatic carbocycles. The normalized spacial score (nSPS) is 31.3. The van der Waals surface area contributed by atoms with Crippen molar-refractivity contribution >= 4 is 5.97 Å². The topological polar surface area (TPSA) is 58.4 Å². The van der Waals surface area contributed by atoms with E-state index in [2.05, 4.69) is 10.00 Å². The van der Waals surface area contributed by atoms with Gasteiger partial charge in [0.15, 0.2) is 0 Å². The van der Waals surface area contributed by atoms with E-state index in [0.29, 0.717) is 18.5 Å². The van der Waals surface area contributed by atoms with Crippen LogP contribution >= 0.6 is 0 Å². The van der Waals surface area contributed by atoms with Gasteiger partial charge in [0.05, 0.1) is 5.69 Å². The molecule has 0 spiro atoms. The van der Waals surface area contributed by atoms with Gasteiger partial charge in [-0.05, 0) is 31.2 Å². The molecule has 1 aromatic heterocycles. The van der Waals surface area contributed by atoms with Crippen LogP contribution < -0.4 is 0 Å². The lowest BCUT2D eigenvalue weighted by molar-refractivity contribution is -0.142. The summed E-state index contributed by atoms with van der Waals surface area (Å²) in [4.78, 5) is 13.7. The molecule has 0 amide bonds. The molecule has 1 N–H and O–H groups in total. The van der Waals surface area contributed by atoms with E-state index in [9.17, 15) is 9.90 Å². The van der Waals surface area contributed by atoms with Crippen LogP contribution in [0.4, 0.5) is 0 Å². The summed E-state index contributed by atoms with van der Waals surface area (Å²) in [6.45, 7) is 0.703. The average Bonchev–Trinajstić information content (AvgIpc) is 2.95. The number of aryl methyl sites for hydroxylation is 1. The third kappa shape index (κ3) is 2.27. The molecule has 0 bridgehead atoms. The number of hydrogen-bond acceptors (Lipinski definition) is 3. The van der Waals surface area contributed by atoms with Gasteiger partial charge in [0.25, 0.3) is 0 Å². The number of likely N-dealkylation sites (tertiary alicyclic amines) is 1. The standard InChI is InChI=1S/C14H21N3O2/c1-16-11(6-7-15-16)9-17-12-5-3-2-4-10(12)8-13(17)14(18)19/h6-7,10,12-13H,2-5,8-9H2,1H3,(H,18,19). The predicted molar refractivity (Wildman–Crippen MR) is 70.5 cm³/mol. The fraction of sp³-hybridized carbons (Fsp3) is 0.714. The fourth-order valence-electron chi connectivity index (χ4n) is 3.77. The van der Waals surface area contributed by atoms with Gasteiger partial charge in [-0.3, -0.25) is 14.4 Å². The van der Waals surface area contributed by atoms with E-state index < -0.39 is 5.97 Å². The number of carbonyl (C=O) groups is 1. The molecule has 3 rings (SSSR count). The van der Waals surface area contributed by atoms with Gasteiger partial charge in [0.1, 0.15) is 6.04 Å². The molecule has 19 heavy (non-hydrogen) atoms. The molecule has 104 valence electrons. The van der Waals surface area contributed by atoms with Crippen LogP contribution in [0.2, 0.25) is 0 Å². The largest absolute Gasteiger partial charge is 0.480 e. The highest BCUT2D eigenvalue weighted by atomic mass is 16.4. The average molecular weight is 263 g/mol. The molecule has 2 aliphatic rings. The highest BCUT2D eigenvalue weighted by Crippen LogP contribution is 2.40. The van der Waals surface area contributed by atoms with Gasteiger partial charge in [0.2, 0.25) is 0 Å². The second-order valence-corrected chi connectivity index (χ2v) is 5.82. The first-order valence-electron chi connectivity index (χ1n) is 7.12. The van der Waals surface area contributed by atoms with E-state index in [1.807, 2.05) is 17.8 Å². The number of rotatable bonds is 3. The summed E-state index contributed by atoms with van der Waals surface area (Å²) in [6, 6.07) is 2.11. The Hall–Kier alpha value is -1.36. The van der Waals surface area contributed by atoms with Crippen molar-refractivity contribution in [1.82, 2.24) is 14.7 Å². The molecule has 5 nitrogen and oxygen atoms in total. The van der Waals surface area contributed by atoms with Gasteiger partial charge in [-0.2, -0.15) is 5.10 Å². The first kappa shape index (κ1) is 12.7. The van der Waals surface area contributed by atoms with Crippen LogP contribution in [-0.4, -0.2) is 37.8 Å². The molecular formula is C14H21N3O2. The zero-order valence-corrected chi connectivity index (χ0v) is 11.3. The predicted octanol–water partition coefficient (Wildman–Crippen LogP) is 1.64. The quantitative estimate of drug-likeness (QED) is 0.900. The Morgan fingerprint density at radius 2 is 2.26 bits per heavy atom. The number of aliphatic carboxylic acids is 1. The van der Waals surface area contributed by atoms with Gasteiger partial charge < -0.3 is 5.11 Å². The molecule has 5 heteroatoms. The third-order valence-electron chi connectivity index (χ3n) is 4.77. The Morgan fingerprint density at radius 1 is 1.47 bits per heavy atom. The minimum Gasteiger partial charge on any atom is -0.480 e. The molecule has 0 radical (unpaired) electrons. The van der Waals surface area contributed by atoms with Gasteiger partial charge in [-0.1, -0.05) is 12.8 Å². The number of hydrogen-bond donors (Lipinski definition) is 1. The second-order valence-electron chi connectivity index (χ2n) is 5.82. The van der Waals surface area contributed by atoms with Crippen LogP contribution in [0.1, 0.15) is 37.8 Å². The van der Waals surface area contributed by atoms with Crippen LogP contribution in [0.25, 0.3) is 0 Å². The van der Waals surface area contributed by atoms with Crippen LogP contribution in [0.15, 0.2) is 12.3 Å². The summed E-state index contributed by atoms with van der Waals surface area (Å²) < 4.78 is 1.84. The zero-order chi connectivity index (χ0) is 13.4. The van der Waals surface area contributed by atoms with Crippen molar-refractivity contribution in [3.05, 3.63) is 18.0 Å². The van der Waals surface area contributed by atoms with Crippen molar-refractivity contribution < 1.29 is 9.90 Å². The maximum absolute atomic E-state index is 11.5. The lowest BCUT2D eigenvalue weighted by Gasteiger charge is -2.32. The number of fused-ring (bicyclic) bond motifs is 1. The fourth-order valence-corrected chi connectivity index (χ4v) is 3.77. The van der Waals surface area contributed by atoms with Crippen molar-refractivity contribution in [1.29, 1.82) is 0 Å². The van der Waals surface area contributed by atoms with E-state index in [1.54, 1.807) is 6.20 Å². The van der Waals surface area contributed by atoms with Gasteiger partial charge in [0, 0.05) is 25.8 Å². The Kier molecular flexibility index (Phi) is 3.31. The molecule has 1 aromatic rings. The molecule has 0 aromatic carbocycles. The van der Waals surface area contributed by atoms with Crippen molar-refractivity contribution in [3.8, 4) is 0 Å². The highest BCUT2D eigenvalue weighted by Gasteiger charge is 2.45. The van der Waals surface area contributed by atoms with E-state index in [-0.39, 0.29) is 6.04 Å². The van der Waals surface area contributed by atoms with Crippen LogP contribution in [0, 0.1) is 5.92 Å². The number of nitrogens with zero attached hydrogens (tertiary/aromatic N) is 3. The molecule has 3 unspecified atom stereocenters. The van der Waals surface area contributed by atoms with E-state index >= 15 is 0 Å². The molecule has 2 fully saturated rings. The first-order valence-corrected chi connectivity index (χ1v) is 7.12. The molecule has 1 saturated carbocycles. The lowest BCUT2D eigenvalue weighted by atomic mass is 9.85. The number of carboxylic acids is 1. The van der Waals surface area contributed by atoms with E-state index in [0.717, 1.165) is 18.5 Å². The molecule has 1 saturated heterocycles. The number of carboxylic acid groups (broad SMARTS) is 1. The van der Waals surface area contributed by atoms with Crippen LogP contribution in [0.3, 0.4) is 0 Å². The maximum atomic E-state index is 11.5. The van der Waals surface area contributed by atoms with Gasteiger partial charge in [-0.25, -0.2) is 0 Å². The number of aromatic nitrogens is 2. The molecule has 1 aliphatic heterocycles. The SMILES string of the molecule is Cn1nccc1CN1C(C(=O)O)CC2CCCCC21. The van der Waals surface area contributed by atoms with Crippen molar-refractivity contribution in [2.45, 2.75) is 50.7 Å². The van der Waals surface area contributed by atoms with E-state index in [1.165, 1.54) is 19.3 Å². The summed E-state index contributed by atoms with van der Waals surface area (Å²) in [7, 11) is 1.92. The third-order valence-corrected chi connectivity index (χ3v) is 4.77. The highest BCUT2D eigenvalue weighted by molar-refractivity contribution is 5.74. The minimum absolute atomic E-state index is 0.317. The maximum Gasteiger partial charge on any atom is 0.320 e. The van der Waals surface area contributed by atoms with Crippen molar-refractivity contribution in [3.63, 3.8) is 0 Å². The van der Waals surface area contributed by atoms with Crippen LogP contribution in [-0.2, 0) is 18.4 Å².